The van der Waals surface area contributed by atoms with Gasteiger partial charge < -0.3 is 9.47 Å². The number of fused-ring (bicyclic) bond motifs is 1. The average molecular weight is 415 g/mol. The van der Waals surface area contributed by atoms with E-state index in [1.807, 2.05) is 0 Å². The summed E-state index contributed by atoms with van der Waals surface area (Å²) in [5.41, 5.74) is 1.87. The number of Topliss-reactive ketones (excluding diaryl/α,β-unsaturated/α-hetero) is 1. The number of benzene rings is 3. The van der Waals surface area contributed by atoms with Crippen molar-refractivity contribution < 1.29 is 18.7 Å². The predicted molar refractivity (Wildman–Crippen MR) is 107 cm³/mol. The number of hydrogen-bond acceptors (Lipinski definition) is 3. The van der Waals surface area contributed by atoms with E-state index < -0.39 is 0 Å². The van der Waals surface area contributed by atoms with Gasteiger partial charge in [0.2, 0.25) is 5.78 Å². The van der Waals surface area contributed by atoms with Crippen LogP contribution in [0.15, 0.2) is 66.4 Å². The second-order valence-electron chi connectivity index (χ2n) is 6.16. The molecule has 0 bridgehead atoms. The van der Waals surface area contributed by atoms with Crippen LogP contribution in [0, 0.1) is 5.82 Å². The molecule has 0 aromatic heterocycles. The fourth-order valence-electron chi connectivity index (χ4n) is 2.78. The standard InChI is InChI=1S/C22H13Cl2FO3/c23-18-3-1-2-14(21(18)24)10-20-22(26)17-9-8-16(11-19(17)28-20)27-12-13-4-6-15(25)7-5-13/h1-11H,12H2/b20-10-. The van der Waals surface area contributed by atoms with Gasteiger partial charge in [0, 0.05) is 6.07 Å². The number of ether oxygens (including phenoxy) is 2. The van der Waals surface area contributed by atoms with Gasteiger partial charge in [-0.1, -0.05) is 47.5 Å². The van der Waals surface area contributed by atoms with E-state index in [1.165, 1.54) is 12.1 Å². The summed E-state index contributed by atoms with van der Waals surface area (Å²) in [6.45, 7) is 0.272. The Morgan fingerprint density at radius 1 is 1.04 bits per heavy atom. The summed E-state index contributed by atoms with van der Waals surface area (Å²) in [6, 6.07) is 16.2. The molecular formula is C22H13Cl2FO3. The summed E-state index contributed by atoms with van der Waals surface area (Å²) in [5, 5.41) is 0.753. The Bertz CT molecular complexity index is 1090. The fourth-order valence-corrected chi connectivity index (χ4v) is 3.14. The molecule has 1 heterocycles. The maximum Gasteiger partial charge on any atom is 0.231 e. The first kappa shape index (κ1) is 18.5. The highest BCUT2D eigenvalue weighted by atomic mass is 35.5. The molecular weight excluding hydrogens is 402 g/mol. The lowest BCUT2D eigenvalue weighted by atomic mass is 10.1. The summed E-state index contributed by atoms with van der Waals surface area (Å²) >= 11 is 12.2. The Hall–Kier alpha value is -2.82. The van der Waals surface area contributed by atoms with E-state index in [1.54, 1.807) is 54.6 Å². The third kappa shape index (κ3) is 3.75. The van der Waals surface area contributed by atoms with Crippen molar-refractivity contribution in [2.24, 2.45) is 0 Å². The molecule has 0 saturated carbocycles. The molecule has 140 valence electrons. The maximum absolute atomic E-state index is 13.0. The van der Waals surface area contributed by atoms with Crippen LogP contribution in [0.3, 0.4) is 0 Å². The lowest BCUT2D eigenvalue weighted by molar-refractivity contribution is 0.101. The summed E-state index contributed by atoms with van der Waals surface area (Å²) in [6.07, 6.45) is 1.57. The molecule has 0 saturated heterocycles. The van der Waals surface area contributed by atoms with E-state index >= 15 is 0 Å². The molecule has 0 unspecified atom stereocenters. The van der Waals surface area contributed by atoms with Crippen molar-refractivity contribution in [3.63, 3.8) is 0 Å². The summed E-state index contributed by atoms with van der Waals surface area (Å²) in [4.78, 5) is 12.6. The SMILES string of the molecule is O=C1/C(=C/c2cccc(Cl)c2Cl)Oc2cc(OCc3ccc(F)cc3)ccc21. The van der Waals surface area contributed by atoms with Gasteiger partial charge in [0.25, 0.3) is 0 Å². The van der Waals surface area contributed by atoms with Gasteiger partial charge >= 0.3 is 0 Å². The summed E-state index contributed by atoms with van der Waals surface area (Å²) in [7, 11) is 0. The molecule has 0 amide bonds. The van der Waals surface area contributed by atoms with E-state index in [-0.39, 0.29) is 24.0 Å². The Morgan fingerprint density at radius 2 is 1.82 bits per heavy atom. The zero-order valence-corrected chi connectivity index (χ0v) is 15.9. The van der Waals surface area contributed by atoms with Crippen LogP contribution in [-0.2, 0) is 6.61 Å². The predicted octanol–water partition coefficient (Wildman–Crippen LogP) is 6.33. The van der Waals surface area contributed by atoms with Gasteiger partial charge in [-0.2, -0.15) is 0 Å². The van der Waals surface area contributed by atoms with Crippen LogP contribution in [0.25, 0.3) is 6.08 Å². The molecule has 0 fully saturated rings. The number of carbonyl (C=O) groups is 1. The minimum atomic E-state index is -0.299. The Balaban J connectivity index is 1.53. The van der Waals surface area contributed by atoms with E-state index in [0.717, 1.165) is 5.56 Å². The molecule has 1 aliphatic rings. The van der Waals surface area contributed by atoms with E-state index in [4.69, 9.17) is 32.7 Å². The van der Waals surface area contributed by atoms with Gasteiger partial charge in [0.1, 0.15) is 23.9 Å². The van der Waals surface area contributed by atoms with Gasteiger partial charge in [-0.3, -0.25) is 4.79 Å². The zero-order valence-electron chi connectivity index (χ0n) is 14.4. The van der Waals surface area contributed by atoms with Crippen molar-refractivity contribution >= 4 is 35.1 Å². The van der Waals surface area contributed by atoms with Crippen molar-refractivity contribution in [3.8, 4) is 11.5 Å². The van der Waals surface area contributed by atoms with E-state index in [2.05, 4.69) is 0 Å². The molecule has 6 heteroatoms. The van der Waals surface area contributed by atoms with Crippen molar-refractivity contribution in [1.29, 1.82) is 0 Å². The van der Waals surface area contributed by atoms with Gasteiger partial charge in [-0.25, -0.2) is 4.39 Å². The first-order valence-electron chi connectivity index (χ1n) is 8.41. The molecule has 1 aliphatic heterocycles. The lowest BCUT2D eigenvalue weighted by Crippen LogP contribution is -1.98. The van der Waals surface area contributed by atoms with Crippen LogP contribution in [-0.4, -0.2) is 5.78 Å². The zero-order chi connectivity index (χ0) is 19.7. The second kappa shape index (κ2) is 7.66. The summed E-state index contributed by atoms with van der Waals surface area (Å²) in [5.74, 6) is 0.571. The minimum absolute atomic E-state index is 0.162. The Labute approximate surface area is 170 Å². The van der Waals surface area contributed by atoms with Crippen LogP contribution in [0.5, 0.6) is 11.5 Å². The van der Waals surface area contributed by atoms with Crippen LogP contribution < -0.4 is 9.47 Å². The molecule has 0 atom stereocenters. The average Bonchev–Trinajstić information content (AvgIpc) is 3.00. The maximum atomic E-state index is 13.0. The molecule has 3 aromatic carbocycles. The van der Waals surface area contributed by atoms with Crippen LogP contribution in [0.4, 0.5) is 4.39 Å². The van der Waals surface area contributed by atoms with E-state index in [9.17, 15) is 9.18 Å². The molecule has 4 rings (SSSR count). The van der Waals surface area contributed by atoms with Crippen molar-refractivity contribution in [3.05, 3.63) is 99.0 Å². The molecule has 0 N–H and O–H groups in total. The molecule has 3 aromatic rings. The van der Waals surface area contributed by atoms with Crippen molar-refractivity contribution in [2.75, 3.05) is 0 Å². The van der Waals surface area contributed by atoms with E-state index in [0.29, 0.717) is 32.7 Å². The van der Waals surface area contributed by atoms with Gasteiger partial charge in [0.15, 0.2) is 5.76 Å². The lowest BCUT2D eigenvalue weighted by Gasteiger charge is -2.07. The van der Waals surface area contributed by atoms with Gasteiger partial charge in [0.05, 0.1) is 15.6 Å². The van der Waals surface area contributed by atoms with Crippen molar-refractivity contribution in [1.82, 2.24) is 0 Å². The van der Waals surface area contributed by atoms with Gasteiger partial charge in [-0.15, -0.1) is 0 Å². The highest BCUT2D eigenvalue weighted by molar-refractivity contribution is 6.43. The third-order valence-corrected chi connectivity index (χ3v) is 5.06. The topological polar surface area (TPSA) is 35.5 Å². The fraction of sp³-hybridized carbons (Fsp3) is 0.0455. The van der Waals surface area contributed by atoms with Crippen LogP contribution in [0.1, 0.15) is 21.5 Å². The number of hydrogen-bond donors (Lipinski definition) is 0. The Kier molecular flexibility index (Phi) is 5.07. The van der Waals surface area contributed by atoms with Gasteiger partial charge in [-0.05, 0) is 47.5 Å². The number of ketones is 1. The summed E-state index contributed by atoms with van der Waals surface area (Å²) < 4.78 is 24.4. The molecule has 3 nitrogen and oxygen atoms in total. The van der Waals surface area contributed by atoms with Crippen LogP contribution >= 0.6 is 23.2 Å². The largest absolute Gasteiger partial charge is 0.489 e. The second-order valence-corrected chi connectivity index (χ2v) is 6.94. The normalized spacial score (nSPS) is 14.1. The number of halogens is 3. The minimum Gasteiger partial charge on any atom is -0.489 e. The molecule has 28 heavy (non-hydrogen) atoms. The number of allylic oxidation sites excluding steroid dienone is 1. The quantitative estimate of drug-likeness (QED) is 0.468. The highest BCUT2D eigenvalue weighted by Crippen LogP contribution is 2.36. The third-order valence-electron chi connectivity index (χ3n) is 4.23. The number of carbonyl (C=O) groups excluding carboxylic acids is 1. The Morgan fingerprint density at radius 3 is 2.61 bits per heavy atom. The van der Waals surface area contributed by atoms with Crippen molar-refractivity contribution in [2.45, 2.75) is 6.61 Å². The first-order chi connectivity index (χ1) is 13.5. The highest BCUT2D eigenvalue weighted by Gasteiger charge is 2.28. The van der Waals surface area contributed by atoms with Crippen LogP contribution in [0.2, 0.25) is 10.0 Å². The molecule has 0 aliphatic carbocycles. The smallest absolute Gasteiger partial charge is 0.231 e. The molecule has 0 radical (unpaired) electrons. The molecule has 0 spiro atoms. The number of rotatable bonds is 4. The first-order valence-corrected chi connectivity index (χ1v) is 9.16. The monoisotopic (exact) mass is 414 g/mol.